The molecule has 0 bridgehead atoms. The second kappa shape index (κ2) is 7.37. The number of hydrogen-bond donors (Lipinski definition) is 2. The van der Waals surface area contributed by atoms with Crippen LogP contribution in [0.25, 0.3) is 10.7 Å². The lowest BCUT2D eigenvalue weighted by atomic mass is 9.93. The minimum atomic E-state index is -0.0628. The molecule has 2 N–H and O–H groups in total. The van der Waals surface area contributed by atoms with Crippen molar-refractivity contribution in [3.8, 4) is 10.7 Å². The average molecular weight is 354 g/mol. The van der Waals surface area contributed by atoms with E-state index in [0.717, 1.165) is 11.4 Å². The third kappa shape index (κ3) is 4.98. The molecule has 0 saturated heterocycles. The Morgan fingerprint density at radius 1 is 1.52 bits per heavy atom. The van der Waals surface area contributed by atoms with Crippen LogP contribution in [-0.4, -0.2) is 52.8 Å². The number of hydrogen-bond acceptors (Lipinski definition) is 5. The Kier molecular flexibility index (Phi) is 5.72. The zero-order valence-corrected chi connectivity index (χ0v) is 15.6. The third-order valence-electron chi connectivity index (χ3n) is 3.31. The van der Waals surface area contributed by atoms with Gasteiger partial charge in [-0.05, 0) is 43.2 Å². The van der Waals surface area contributed by atoms with Crippen molar-refractivity contribution < 1.29 is 4.79 Å². The van der Waals surface area contributed by atoms with E-state index in [0.29, 0.717) is 17.1 Å². The second-order valence-electron chi connectivity index (χ2n) is 6.59. The first-order chi connectivity index (χ1) is 10.8. The number of thiophene rings is 1. The molecule has 0 unspecified atom stereocenters. The van der Waals surface area contributed by atoms with Gasteiger partial charge in [0.1, 0.15) is 6.54 Å². The van der Waals surface area contributed by atoms with Gasteiger partial charge in [0.2, 0.25) is 5.91 Å². The van der Waals surface area contributed by atoms with Crippen LogP contribution in [0.1, 0.15) is 13.8 Å². The molecule has 0 aliphatic rings. The molecule has 0 saturated carbocycles. The number of carbonyl (C=O) groups excluding carboxylic acids is 1. The van der Waals surface area contributed by atoms with Crippen molar-refractivity contribution in [3.05, 3.63) is 22.3 Å². The van der Waals surface area contributed by atoms with Gasteiger partial charge in [-0.25, -0.2) is 0 Å². The maximum Gasteiger partial charge on any atom is 0.240 e. The Labute approximate surface area is 145 Å². The van der Waals surface area contributed by atoms with Crippen molar-refractivity contribution in [1.29, 1.82) is 0 Å². The molecule has 6 nitrogen and oxygen atoms in total. The monoisotopic (exact) mass is 353 g/mol. The molecule has 1 amide bonds. The predicted molar refractivity (Wildman–Crippen MR) is 96.1 cm³/mol. The molecule has 0 atom stereocenters. The number of amides is 1. The quantitative estimate of drug-likeness (QED) is 0.750. The fraction of sp³-hybridized carbons (Fsp3) is 0.533. The fourth-order valence-electron chi connectivity index (χ4n) is 2.51. The van der Waals surface area contributed by atoms with Gasteiger partial charge in [-0.15, -0.1) is 11.3 Å². The van der Waals surface area contributed by atoms with E-state index < -0.39 is 0 Å². The summed E-state index contributed by atoms with van der Waals surface area (Å²) in [4.78, 5) is 15.4. The van der Waals surface area contributed by atoms with Gasteiger partial charge in [-0.3, -0.25) is 14.5 Å². The Morgan fingerprint density at radius 2 is 2.26 bits per heavy atom. The summed E-state index contributed by atoms with van der Waals surface area (Å²) in [6.45, 7) is 5.95. The second-order valence-corrected chi connectivity index (χ2v) is 7.93. The molecule has 0 aromatic carbocycles. The molecule has 23 heavy (non-hydrogen) atoms. The Hall–Kier alpha value is -1.51. The summed E-state index contributed by atoms with van der Waals surface area (Å²) in [6.07, 6.45) is 0. The summed E-state index contributed by atoms with van der Waals surface area (Å²) in [5.74, 6) is 0.639. The van der Waals surface area contributed by atoms with Gasteiger partial charge in [-0.1, -0.05) is 19.9 Å². The van der Waals surface area contributed by atoms with Gasteiger partial charge in [0, 0.05) is 13.1 Å². The van der Waals surface area contributed by atoms with E-state index in [4.69, 9.17) is 12.2 Å². The normalized spacial score (nSPS) is 11.9. The highest BCUT2D eigenvalue weighted by Crippen LogP contribution is 2.22. The van der Waals surface area contributed by atoms with Crippen molar-refractivity contribution >= 4 is 29.5 Å². The lowest BCUT2D eigenvalue weighted by molar-refractivity contribution is -0.122. The van der Waals surface area contributed by atoms with E-state index in [1.807, 2.05) is 31.6 Å². The van der Waals surface area contributed by atoms with E-state index in [1.54, 1.807) is 15.9 Å². The lowest BCUT2D eigenvalue weighted by Crippen LogP contribution is -2.41. The maximum absolute atomic E-state index is 12.3. The summed E-state index contributed by atoms with van der Waals surface area (Å²) in [6, 6.07) is 3.91. The number of nitrogens with one attached hydrogen (secondary N) is 2. The number of nitrogens with zero attached hydrogens (tertiary/aromatic N) is 3. The van der Waals surface area contributed by atoms with Gasteiger partial charge in [-0.2, -0.15) is 5.10 Å². The van der Waals surface area contributed by atoms with Crippen LogP contribution in [0.5, 0.6) is 0 Å². The molecule has 0 aliphatic carbocycles. The molecule has 0 aliphatic heterocycles. The number of H-pyrrole nitrogens is 1. The number of aromatic amines is 1. The van der Waals surface area contributed by atoms with E-state index >= 15 is 0 Å². The standard InChI is InChI=1S/C15H23N5OS2/c1-15(2,10-19(3)4)9-16-12(21)8-20-13(17-18-14(20)22)11-6-5-7-23-11/h5-7H,8-10H2,1-4H3,(H,16,21)(H,18,22). The third-order valence-corrected chi connectivity index (χ3v) is 4.49. The van der Waals surface area contributed by atoms with Crippen LogP contribution < -0.4 is 5.32 Å². The van der Waals surface area contributed by atoms with Crippen LogP contribution >= 0.6 is 23.6 Å². The van der Waals surface area contributed by atoms with Gasteiger partial charge < -0.3 is 10.2 Å². The van der Waals surface area contributed by atoms with E-state index in [2.05, 4.69) is 34.3 Å². The summed E-state index contributed by atoms with van der Waals surface area (Å²) in [5, 5.41) is 12.0. The van der Waals surface area contributed by atoms with Crippen LogP contribution in [0.15, 0.2) is 17.5 Å². The molecule has 0 fully saturated rings. The SMILES string of the molecule is CN(C)CC(C)(C)CNC(=O)Cn1c(-c2cccs2)n[nH]c1=S. The van der Waals surface area contributed by atoms with Crippen molar-refractivity contribution in [2.75, 3.05) is 27.2 Å². The summed E-state index contributed by atoms with van der Waals surface area (Å²) in [5.41, 5.74) is 0.00754. The van der Waals surface area contributed by atoms with Crippen LogP contribution in [0.4, 0.5) is 0 Å². The van der Waals surface area contributed by atoms with Crippen molar-refractivity contribution in [2.45, 2.75) is 20.4 Å². The van der Waals surface area contributed by atoms with Gasteiger partial charge in [0.05, 0.1) is 4.88 Å². The molecular formula is C15H23N5OS2. The summed E-state index contributed by atoms with van der Waals surface area (Å²) >= 11 is 6.81. The molecule has 0 radical (unpaired) electrons. The van der Waals surface area contributed by atoms with E-state index in [9.17, 15) is 4.79 Å². The zero-order valence-electron chi connectivity index (χ0n) is 13.9. The van der Waals surface area contributed by atoms with Crippen LogP contribution in [0, 0.1) is 10.2 Å². The molecule has 126 valence electrons. The zero-order chi connectivity index (χ0) is 17.0. The van der Waals surface area contributed by atoms with Crippen molar-refractivity contribution in [3.63, 3.8) is 0 Å². The van der Waals surface area contributed by atoms with Crippen LogP contribution in [0.2, 0.25) is 0 Å². The van der Waals surface area contributed by atoms with E-state index in [1.165, 1.54) is 0 Å². The topological polar surface area (TPSA) is 66.0 Å². The summed E-state index contributed by atoms with van der Waals surface area (Å²) in [7, 11) is 4.06. The lowest BCUT2D eigenvalue weighted by Gasteiger charge is -2.28. The minimum Gasteiger partial charge on any atom is -0.354 e. The fourth-order valence-corrected chi connectivity index (χ4v) is 3.43. The average Bonchev–Trinajstić information content (AvgIpc) is 3.06. The van der Waals surface area contributed by atoms with Gasteiger partial charge in [0.25, 0.3) is 0 Å². The Morgan fingerprint density at radius 3 is 2.87 bits per heavy atom. The Bertz CT molecular complexity index is 700. The smallest absolute Gasteiger partial charge is 0.240 e. The first-order valence-electron chi connectivity index (χ1n) is 7.39. The molecule has 2 aromatic rings. The van der Waals surface area contributed by atoms with Crippen molar-refractivity contribution in [1.82, 2.24) is 25.0 Å². The highest BCUT2D eigenvalue weighted by atomic mass is 32.1. The van der Waals surface area contributed by atoms with E-state index in [-0.39, 0.29) is 17.9 Å². The maximum atomic E-state index is 12.3. The molecule has 0 spiro atoms. The molecule has 8 heteroatoms. The molecule has 2 rings (SSSR count). The Balaban J connectivity index is 2.02. The first kappa shape index (κ1) is 17.8. The molecular weight excluding hydrogens is 330 g/mol. The van der Waals surface area contributed by atoms with Crippen LogP contribution in [-0.2, 0) is 11.3 Å². The first-order valence-corrected chi connectivity index (χ1v) is 8.68. The highest BCUT2D eigenvalue weighted by Gasteiger charge is 2.20. The van der Waals surface area contributed by atoms with Gasteiger partial charge in [0.15, 0.2) is 10.6 Å². The number of aromatic nitrogens is 3. The van der Waals surface area contributed by atoms with Crippen molar-refractivity contribution in [2.24, 2.45) is 5.41 Å². The predicted octanol–water partition coefficient (Wildman–Crippen LogP) is 2.37. The number of rotatable bonds is 7. The van der Waals surface area contributed by atoms with Gasteiger partial charge >= 0.3 is 0 Å². The molecule has 2 heterocycles. The van der Waals surface area contributed by atoms with Crippen LogP contribution in [0.3, 0.4) is 0 Å². The minimum absolute atomic E-state index is 0.00754. The number of carbonyl (C=O) groups is 1. The largest absolute Gasteiger partial charge is 0.354 e. The highest BCUT2D eigenvalue weighted by molar-refractivity contribution is 7.71. The molecule has 2 aromatic heterocycles. The summed E-state index contributed by atoms with van der Waals surface area (Å²) < 4.78 is 2.19.